The normalized spacial score (nSPS) is 10.4. The van der Waals surface area contributed by atoms with E-state index in [1.54, 1.807) is 18.2 Å². The molecule has 0 amide bonds. The van der Waals surface area contributed by atoms with Crippen LogP contribution in [0.5, 0.6) is 5.75 Å². The van der Waals surface area contributed by atoms with Gasteiger partial charge in [-0.3, -0.25) is 4.79 Å². The Kier molecular flexibility index (Phi) is 4.68. The van der Waals surface area contributed by atoms with Crippen molar-refractivity contribution in [2.75, 3.05) is 0 Å². The van der Waals surface area contributed by atoms with Crippen LogP contribution in [0.15, 0.2) is 27.2 Å². The zero-order chi connectivity index (χ0) is 13.7. The molecule has 0 atom stereocenters. The zero-order valence-electron chi connectivity index (χ0n) is 10.4. The molecule has 6 heteroatoms. The highest BCUT2D eigenvalue weighted by Gasteiger charge is 2.10. The summed E-state index contributed by atoms with van der Waals surface area (Å²) in [6.45, 7) is 2.20. The lowest BCUT2D eigenvalue weighted by Gasteiger charge is -2.07. The predicted molar refractivity (Wildman–Crippen MR) is 72.2 cm³/mol. The molecule has 0 aliphatic carbocycles. The second-order valence-corrected chi connectivity index (χ2v) is 4.77. The summed E-state index contributed by atoms with van der Waals surface area (Å²) in [5, 5.41) is 3.82. The monoisotopic (exact) mass is 324 g/mol. The number of benzene rings is 1. The molecular weight excluding hydrogens is 312 g/mol. The van der Waals surface area contributed by atoms with Gasteiger partial charge in [0.05, 0.1) is 10.0 Å². The van der Waals surface area contributed by atoms with Crippen LogP contribution in [0.25, 0.3) is 0 Å². The van der Waals surface area contributed by atoms with E-state index in [2.05, 4.69) is 26.1 Å². The van der Waals surface area contributed by atoms with Crippen molar-refractivity contribution in [3.63, 3.8) is 0 Å². The third-order valence-electron chi connectivity index (χ3n) is 2.44. The first-order valence-electron chi connectivity index (χ1n) is 5.92. The van der Waals surface area contributed by atoms with Crippen LogP contribution < -0.4 is 4.74 Å². The van der Waals surface area contributed by atoms with Crippen molar-refractivity contribution < 1.29 is 14.1 Å². The minimum Gasteiger partial charge on any atom is -0.484 e. The number of carbonyl (C=O) groups excluding carboxylic acids is 1. The van der Waals surface area contributed by atoms with Gasteiger partial charge in [-0.2, -0.15) is 4.98 Å². The van der Waals surface area contributed by atoms with E-state index in [9.17, 15) is 4.79 Å². The molecule has 0 unspecified atom stereocenters. The van der Waals surface area contributed by atoms with Crippen molar-refractivity contribution in [2.45, 2.75) is 26.4 Å². The molecule has 19 heavy (non-hydrogen) atoms. The van der Waals surface area contributed by atoms with Crippen molar-refractivity contribution in [1.82, 2.24) is 10.1 Å². The Morgan fingerprint density at radius 1 is 1.47 bits per heavy atom. The summed E-state index contributed by atoms with van der Waals surface area (Å²) < 4.78 is 11.3. The third kappa shape index (κ3) is 3.41. The quantitative estimate of drug-likeness (QED) is 0.763. The number of aldehydes is 1. The summed E-state index contributed by atoms with van der Waals surface area (Å²) >= 11 is 3.34. The van der Waals surface area contributed by atoms with Gasteiger partial charge in [0.15, 0.2) is 12.9 Å². The summed E-state index contributed by atoms with van der Waals surface area (Å²) in [6.07, 6.45) is 2.45. The van der Waals surface area contributed by atoms with Gasteiger partial charge in [-0.1, -0.05) is 18.1 Å². The fourth-order valence-electron chi connectivity index (χ4n) is 1.57. The van der Waals surface area contributed by atoms with Crippen LogP contribution in [-0.2, 0) is 13.0 Å². The topological polar surface area (TPSA) is 65.2 Å². The molecule has 100 valence electrons. The summed E-state index contributed by atoms with van der Waals surface area (Å²) in [4.78, 5) is 15.1. The van der Waals surface area contributed by atoms with E-state index in [-0.39, 0.29) is 6.61 Å². The van der Waals surface area contributed by atoms with Gasteiger partial charge in [-0.05, 0) is 34.5 Å². The summed E-state index contributed by atoms with van der Waals surface area (Å²) in [7, 11) is 0. The van der Waals surface area contributed by atoms with Crippen LogP contribution in [0, 0.1) is 0 Å². The molecule has 1 heterocycles. The fraction of sp³-hybridized carbons (Fsp3) is 0.308. The van der Waals surface area contributed by atoms with Crippen LogP contribution >= 0.6 is 15.9 Å². The van der Waals surface area contributed by atoms with E-state index in [0.717, 1.165) is 23.6 Å². The molecule has 0 aliphatic rings. The standard InChI is InChI=1S/C13H13BrN2O3/c1-2-4-12-15-11(16-19-12)8-18-13-9(7-17)5-3-6-10(13)14/h3,5-7H,2,4,8H2,1H3. The predicted octanol–water partition coefficient (Wildman–Crippen LogP) is 3.18. The number of rotatable bonds is 6. The number of aryl methyl sites for hydroxylation is 1. The maximum Gasteiger partial charge on any atom is 0.226 e. The molecule has 2 rings (SSSR count). The first-order chi connectivity index (χ1) is 9.24. The van der Waals surface area contributed by atoms with Gasteiger partial charge < -0.3 is 9.26 Å². The van der Waals surface area contributed by atoms with Crippen LogP contribution in [0.3, 0.4) is 0 Å². The fourth-order valence-corrected chi connectivity index (χ4v) is 2.07. The Bertz CT molecular complexity index is 569. The molecule has 0 radical (unpaired) electrons. The Hall–Kier alpha value is -1.69. The SMILES string of the molecule is CCCc1nc(COc2c(Br)cccc2C=O)no1. The van der Waals surface area contributed by atoms with E-state index in [0.29, 0.717) is 23.0 Å². The van der Waals surface area contributed by atoms with Crippen LogP contribution in [0.1, 0.15) is 35.4 Å². The number of hydrogen-bond acceptors (Lipinski definition) is 5. The lowest BCUT2D eigenvalue weighted by molar-refractivity contribution is 0.111. The van der Waals surface area contributed by atoms with E-state index >= 15 is 0 Å². The maximum absolute atomic E-state index is 10.9. The molecule has 0 aliphatic heterocycles. The average Bonchev–Trinajstić information content (AvgIpc) is 2.85. The van der Waals surface area contributed by atoms with Gasteiger partial charge in [-0.25, -0.2) is 0 Å². The smallest absolute Gasteiger partial charge is 0.226 e. The summed E-state index contributed by atoms with van der Waals surface area (Å²) in [5.41, 5.74) is 0.478. The average molecular weight is 325 g/mol. The van der Waals surface area contributed by atoms with Crippen LogP contribution in [0.2, 0.25) is 0 Å². The first kappa shape index (κ1) is 13.7. The van der Waals surface area contributed by atoms with Crippen LogP contribution in [0.4, 0.5) is 0 Å². The molecule has 5 nitrogen and oxygen atoms in total. The lowest BCUT2D eigenvalue weighted by Crippen LogP contribution is -2.01. The van der Waals surface area contributed by atoms with Gasteiger partial charge in [0.25, 0.3) is 0 Å². The van der Waals surface area contributed by atoms with Gasteiger partial charge in [0.1, 0.15) is 5.75 Å². The number of aromatic nitrogens is 2. The van der Waals surface area contributed by atoms with Crippen molar-refractivity contribution in [3.05, 3.63) is 40.0 Å². The highest BCUT2D eigenvalue weighted by molar-refractivity contribution is 9.10. The number of carbonyl (C=O) groups is 1. The summed E-state index contributed by atoms with van der Waals surface area (Å²) in [6, 6.07) is 5.27. The molecule has 1 aromatic heterocycles. The van der Waals surface area contributed by atoms with E-state index in [1.807, 2.05) is 6.92 Å². The number of hydrogen-bond donors (Lipinski definition) is 0. The Labute approximate surface area is 119 Å². The van der Waals surface area contributed by atoms with E-state index in [1.165, 1.54) is 0 Å². The number of nitrogens with zero attached hydrogens (tertiary/aromatic N) is 2. The zero-order valence-corrected chi connectivity index (χ0v) is 12.0. The van der Waals surface area contributed by atoms with Gasteiger partial charge in [-0.15, -0.1) is 0 Å². The van der Waals surface area contributed by atoms with Gasteiger partial charge >= 0.3 is 0 Å². The Balaban J connectivity index is 2.07. The van der Waals surface area contributed by atoms with Crippen molar-refractivity contribution in [3.8, 4) is 5.75 Å². The van der Waals surface area contributed by atoms with Crippen molar-refractivity contribution in [1.29, 1.82) is 0 Å². The number of ether oxygens (including phenoxy) is 1. The van der Waals surface area contributed by atoms with Crippen molar-refractivity contribution in [2.24, 2.45) is 0 Å². The Morgan fingerprint density at radius 2 is 2.32 bits per heavy atom. The van der Waals surface area contributed by atoms with Crippen LogP contribution in [-0.4, -0.2) is 16.4 Å². The molecule has 2 aromatic rings. The maximum atomic E-state index is 10.9. The van der Waals surface area contributed by atoms with E-state index < -0.39 is 0 Å². The molecule has 0 bridgehead atoms. The van der Waals surface area contributed by atoms with Gasteiger partial charge in [0, 0.05) is 6.42 Å². The third-order valence-corrected chi connectivity index (χ3v) is 3.07. The molecular formula is C13H13BrN2O3. The highest BCUT2D eigenvalue weighted by Crippen LogP contribution is 2.28. The molecule has 0 N–H and O–H groups in total. The number of para-hydroxylation sites is 1. The first-order valence-corrected chi connectivity index (χ1v) is 6.71. The minimum atomic E-state index is 0.163. The van der Waals surface area contributed by atoms with Crippen molar-refractivity contribution >= 4 is 22.2 Å². The minimum absolute atomic E-state index is 0.163. The number of halogens is 1. The summed E-state index contributed by atoms with van der Waals surface area (Å²) in [5.74, 6) is 1.55. The molecule has 1 aromatic carbocycles. The molecule has 0 spiro atoms. The molecule has 0 fully saturated rings. The molecule has 0 saturated heterocycles. The second-order valence-electron chi connectivity index (χ2n) is 3.92. The molecule has 0 saturated carbocycles. The largest absolute Gasteiger partial charge is 0.484 e. The highest BCUT2D eigenvalue weighted by atomic mass is 79.9. The van der Waals surface area contributed by atoms with Gasteiger partial charge in [0.2, 0.25) is 11.7 Å². The lowest BCUT2D eigenvalue weighted by atomic mass is 10.2. The van der Waals surface area contributed by atoms with E-state index in [4.69, 9.17) is 9.26 Å². The second kappa shape index (κ2) is 6.47. The Morgan fingerprint density at radius 3 is 3.05 bits per heavy atom.